The van der Waals surface area contributed by atoms with E-state index in [2.05, 4.69) is 33.3 Å². The molecule has 0 saturated carbocycles. The van der Waals surface area contributed by atoms with E-state index in [4.69, 9.17) is 0 Å². The number of halogens is 2. The molecule has 2 rings (SSSR count). The van der Waals surface area contributed by atoms with Crippen LogP contribution in [0.25, 0.3) is 0 Å². The summed E-state index contributed by atoms with van der Waals surface area (Å²) in [6.07, 6.45) is 0.893. The average Bonchev–Trinajstić information content (AvgIpc) is 2.66. The number of nitrogens with zero attached hydrogens (tertiary/aromatic N) is 2. The number of rotatable bonds is 4. The van der Waals surface area contributed by atoms with E-state index in [0.29, 0.717) is 12.1 Å². The Morgan fingerprint density at radius 1 is 1.42 bits per heavy atom. The zero-order valence-electron chi connectivity index (χ0n) is 11.3. The fraction of sp³-hybridized carbons (Fsp3) is 0.357. The summed E-state index contributed by atoms with van der Waals surface area (Å²) in [5.41, 5.74) is 3.68. The molecule has 3 nitrogen and oxygen atoms in total. The highest BCUT2D eigenvalue weighted by atomic mass is 79.9. The second kappa shape index (κ2) is 5.74. The van der Waals surface area contributed by atoms with E-state index in [1.54, 1.807) is 19.1 Å². The Labute approximate surface area is 121 Å². The van der Waals surface area contributed by atoms with Crippen molar-refractivity contribution < 1.29 is 4.39 Å². The molecule has 0 aliphatic carbocycles. The predicted molar refractivity (Wildman–Crippen MR) is 78.7 cm³/mol. The number of aryl methyl sites for hydroxylation is 3. The zero-order chi connectivity index (χ0) is 14.0. The van der Waals surface area contributed by atoms with E-state index in [1.165, 1.54) is 6.07 Å². The third kappa shape index (κ3) is 2.97. The van der Waals surface area contributed by atoms with Gasteiger partial charge in [-0.25, -0.2) is 4.39 Å². The molecule has 1 N–H and O–H groups in total. The Bertz CT molecular complexity index is 593. The van der Waals surface area contributed by atoms with Gasteiger partial charge in [0.2, 0.25) is 0 Å². The molecule has 0 radical (unpaired) electrons. The SMILES string of the molecule is CCc1nn(C)c(CNc2ccc(F)c(C)c2)c1Br. The number of nitrogens with one attached hydrogen (secondary N) is 1. The van der Waals surface area contributed by atoms with Gasteiger partial charge >= 0.3 is 0 Å². The maximum absolute atomic E-state index is 13.2. The molecular formula is C14H17BrFN3. The highest BCUT2D eigenvalue weighted by molar-refractivity contribution is 9.10. The van der Waals surface area contributed by atoms with Crippen LogP contribution in [0.4, 0.5) is 10.1 Å². The third-order valence-electron chi connectivity index (χ3n) is 3.12. The van der Waals surface area contributed by atoms with Gasteiger partial charge in [-0.1, -0.05) is 6.92 Å². The molecule has 0 unspecified atom stereocenters. The van der Waals surface area contributed by atoms with Gasteiger partial charge in [-0.15, -0.1) is 0 Å². The zero-order valence-corrected chi connectivity index (χ0v) is 12.9. The predicted octanol–water partition coefficient (Wildman–Crippen LogP) is 3.80. The number of hydrogen-bond acceptors (Lipinski definition) is 2. The van der Waals surface area contributed by atoms with Crippen LogP contribution in [0.3, 0.4) is 0 Å². The van der Waals surface area contributed by atoms with Gasteiger partial charge in [0.05, 0.1) is 22.4 Å². The lowest BCUT2D eigenvalue weighted by Gasteiger charge is -2.08. The van der Waals surface area contributed by atoms with Crippen LogP contribution in [0.15, 0.2) is 22.7 Å². The molecule has 1 heterocycles. The van der Waals surface area contributed by atoms with Gasteiger partial charge in [0, 0.05) is 12.7 Å². The summed E-state index contributed by atoms with van der Waals surface area (Å²) >= 11 is 3.58. The molecule has 0 spiro atoms. The Kier molecular flexibility index (Phi) is 4.24. The molecular weight excluding hydrogens is 309 g/mol. The molecule has 5 heteroatoms. The van der Waals surface area contributed by atoms with Gasteiger partial charge in [-0.3, -0.25) is 4.68 Å². The van der Waals surface area contributed by atoms with Crippen LogP contribution in [-0.4, -0.2) is 9.78 Å². The number of aromatic nitrogens is 2. The minimum absolute atomic E-state index is 0.180. The summed E-state index contributed by atoms with van der Waals surface area (Å²) in [7, 11) is 1.93. The van der Waals surface area contributed by atoms with E-state index < -0.39 is 0 Å². The van der Waals surface area contributed by atoms with Crippen molar-refractivity contribution in [1.82, 2.24) is 9.78 Å². The highest BCUT2D eigenvalue weighted by Crippen LogP contribution is 2.23. The summed E-state index contributed by atoms with van der Waals surface area (Å²) in [5, 5.41) is 7.73. The van der Waals surface area contributed by atoms with Crippen molar-refractivity contribution >= 4 is 21.6 Å². The summed E-state index contributed by atoms with van der Waals surface area (Å²) in [6, 6.07) is 5.03. The average molecular weight is 326 g/mol. The Hall–Kier alpha value is -1.36. The van der Waals surface area contributed by atoms with Crippen molar-refractivity contribution in [1.29, 1.82) is 0 Å². The maximum atomic E-state index is 13.2. The summed E-state index contributed by atoms with van der Waals surface area (Å²) in [5.74, 6) is -0.180. The van der Waals surface area contributed by atoms with Crippen molar-refractivity contribution in [2.45, 2.75) is 26.8 Å². The smallest absolute Gasteiger partial charge is 0.126 e. The highest BCUT2D eigenvalue weighted by Gasteiger charge is 2.12. The number of hydrogen-bond donors (Lipinski definition) is 1. The first-order chi connectivity index (χ1) is 9.02. The van der Waals surface area contributed by atoms with E-state index >= 15 is 0 Å². The molecule has 0 amide bonds. The normalized spacial score (nSPS) is 10.8. The molecule has 0 fully saturated rings. The van der Waals surface area contributed by atoms with Crippen molar-refractivity contribution in [3.05, 3.63) is 45.4 Å². The minimum atomic E-state index is -0.180. The molecule has 102 valence electrons. The number of benzene rings is 1. The lowest BCUT2D eigenvalue weighted by atomic mass is 10.2. The fourth-order valence-corrected chi connectivity index (χ4v) is 2.71. The molecule has 0 atom stereocenters. The molecule has 0 aliphatic heterocycles. The second-order valence-corrected chi connectivity index (χ2v) is 5.30. The first-order valence-electron chi connectivity index (χ1n) is 6.23. The van der Waals surface area contributed by atoms with Crippen molar-refractivity contribution in [3.8, 4) is 0 Å². The Morgan fingerprint density at radius 2 is 2.16 bits per heavy atom. The van der Waals surface area contributed by atoms with Gasteiger partial charge in [0.15, 0.2) is 0 Å². The molecule has 1 aromatic heterocycles. The van der Waals surface area contributed by atoms with Crippen molar-refractivity contribution in [2.75, 3.05) is 5.32 Å². The number of anilines is 1. The van der Waals surface area contributed by atoms with Crippen LogP contribution < -0.4 is 5.32 Å². The summed E-state index contributed by atoms with van der Waals surface area (Å²) in [4.78, 5) is 0. The van der Waals surface area contributed by atoms with Gasteiger partial charge in [-0.05, 0) is 53.0 Å². The van der Waals surface area contributed by atoms with Crippen LogP contribution in [0, 0.1) is 12.7 Å². The Balaban J connectivity index is 2.14. The van der Waals surface area contributed by atoms with Crippen LogP contribution in [0.5, 0.6) is 0 Å². The largest absolute Gasteiger partial charge is 0.379 e. The maximum Gasteiger partial charge on any atom is 0.126 e. The van der Waals surface area contributed by atoms with Gasteiger partial charge < -0.3 is 5.32 Å². The second-order valence-electron chi connectivity index (χ2n) is 4.50. The molecule has 1 aromatic carbocycles. The quantitative estimate of drug-likeness (QED) is 0.926. The first-order valence-corrected chi connectivity index (χ1v) is 7.02. The lowest BCUT2D eigenvalue weighted by molar-refractivity contribution is 0.618. The summed E-state index contributed by atoms with van der Waals surface area (Å²) < 4.78 is 16.1. The molecule has 19 heavy (non-hydrogen) atoms. The van der Waals surface area contributed by atoms with Crippen LogP contribution in [0.2, 0.25) is 0 Å². The van der Waals surface area contributed by atoms with Crippen LogP contribution >= 0.6 is 15.9 Å². The lowest BCUT2D eigenvalue weighted by Crippen LogP contribution is -2.06. The minimum Gasteiger partial charge on any atom is -0.379 e. The van der Waals surface area contributed by atoms with E-state index in [0.717, 1.165) is 28.0 Å². The van der Waals surface area contributed by atoms with Gasteiger partial charge in [0.1, 0.15) is 5.82 Å². The van der Waals surface area contributed by atoms with Crippen molar-refractivity contribution in [3.63, 3.8) is 0 Å². The molecule has 0 bridgehead atoms. The first kappa shape index (κ1) is 14.1. The van der Waals surface area contributed by atoms with Crippen LogP contribution in [0.1, 0.15) is 23.9 Å². The third-order valence-corrected chi connectivity index (χ3v) is 4.04. The van der Waals surface area contributed by atoms with E-state index in [1.807, 2.05) is 11.7 Å². The van der Waals surface area contributed by atoms with Gasteiger partial charge in [-0.2, -0.15) is 5.10 Å². The Morgan fingerprint density at radius 3 is 2.74 bits per heavy atom. The van der Waals surface area contributed by atoms with Crippen LogP contribution in [-0.2, 0) is 20.0 Å². The monoisotopic (exact) mass is 325 g/mol. The summed E-state index contributed by atoms with van der Waals surface area (Å²) in [6.45, 7) is 4.48. The molecule has 2 aromatic rings. The molecule has 0 saturated heterocycles. The fourth-order valence-electron chi connectivity index (χ4n) is 1.95. The standard InChI is InChI=1S/C14H17BrFN3/c1-4-12-14(15)13(19(3)18-12)8-17-10-5-6-11(16)9(2)7-10/h5-7,17H,4,8H2,1-3H3. The van der Waals surface area contributed by atoms with Gasteiger partial charge in [0.25, 0.3) is 0 Å². The molecule has 0 aliphatic rings. The topological polar surface area (TPSA) is 29.9 Å². The van der Waals surface area contributed by atoms with E-state index in [9.17, 15) is 4.39 Å². The van der Waals surface area contributed by atoms with E-state index in [-0.39, 0.29) is 5.82 Å². The van der Waals surface area contributed by atoms with Crippen molar-refractivity contribution in [2.24, 2.45) is 7.05 Å².